The molecule has 3 rings (SSSR count). The van der Waals surface area contributed by atoms with Crippen molar-refractivity contribution in [2.75, 3.05) is 11.9 Å². The third-order valence-electron chi connectivity index (χ3n) is 5.23. The van der Waals surface area contributed by atoms with Crippen molar-refractivity contribution in [1.82, 2.24) is 9.88 Å². The molecule has 1 amide bonds. The lowest BCUT2D eigenvalue weighted by Gasteiger charge is -2.16. The lowest BCUT2D eigenvalue weighted by atomic mass is 10.2. The molecule has 0 radical (unpaired) electrons. The van der Waals surface area contributed by atoms with Gasteiger partial charge in [0.25, 0.3) is 5.91 Å². The molecule has 0 saturated heterocycles. The fraction of sp³-hybridized carbons (Fsp3) is 0.240. The molecule has 0 spiro atoms. The molecule has 0 fully saturated rings. The lowest BCUT2D eigenvalue weighted by molar-refractivity contribution is -0.148. The molecule has 35 heavy (non-hydrogen) atoms. The van der Waals surface area contributed by atoms with E-state index in [4.69, 9.17) is 10.1 Å². The quantitative estimate of drug-likeness (QED) is 0.308. The van der Waals surface area contributed by atoms with Crippen molar-refractivity contribution >= 4 is 34.2 Å². The predicted molar refractivity (Wildman–Crippen MR) is 127 cm³/mol. The fourth-order valence-electron chi connectivity index (χ4n) is 3.54. The number of aryl methyl sites for hydroxylation is 1. The van der Waals surface area contributed by atoms with Gasteiger partial charge in [0.2, 0.25) is 0 Å². The zero-order valence-electron chi connectivity index (χ0n) is 19.4. The van der Waals surface area contributed by atoms with Crippen LogP contribution in [-0.4, -0.2) is 28.8 Å². The van der Waals surface area contributed by atoms with E-state index >= 15 is 0 Å². The third kappa shape index (κ3) is 6.50. The first kappa shape index (κ1) is 25.5. The highest BCUT2D eigenvalue weighted by atomic mass is 19.4. The monoisotopic (exact) mass is 486 g/mol. The molecular weight excluding hydrogens is 461 g/mol. The van der Waals surface area contributed by atoms with Gasteiger partial charge in [-0.05, 0) is 62.6 Å². The van der Waals surface area contributed by atoms with E-state index < -0.39 is 30.2 Å². The van der Waals surface area contributed by atoms with E-state index in [1.165, 1.54) is 19.1 Å². The van der Waals surface area contributed by atoms with Crippen molar-refractivity contribution in [3.63, 3.8) is 0 Å². The summed E-state index contributed by atoms with van der Waals surface area (Å²) in [5.74, 6) is -1.25. The molecule has 0 aliphatic heterocycles. The molecule has 1 heterocycles. The van der Waals surface area contributed by atoms with Gasteiger partial charge in [0.1, 0.15) is 6.54 Å². The number of anilines is 1. The molecule has 7 nitrogen and oxygen atoms in total. The topological polar surface area (TPSA) is 96.2 Å². The molecular formula is C25H25F3N4O3. The van der Waals surface area contributed by atoms with Crippen LogP contribution < -0.4 is 10.6 Å². The predicted octanol–water partition coefficient (Wildman–Crippen LogP) is 5.01. The van der Waals surface area contributed by atoms with Gasteiger partial charge < -0.3 is 25.3 Å². The average Bonchev–Trinajstić information content (AvgIpc) is 3.10. The number of carbonyl (C=O) groups excluding carboxylic acids is 2. The number of hydrogen-bond donors (Lipinski definition) is 3. The zero-order valence-corrected chi connectivity index (χ0v) is 19.4. The normalized spacial score (nSPS) is 12.2. The summed E-state index contributed by atoms with van der Waals surface area (Å²) in [6, 6.07) is 13.9. The lowest BCUT2D eigenvalue weighted by Crippen LogP contribution is -2.32. The number of carbonyl (C=O) groups is 2. The fourth-order valence-corrected chi connectivity index (χ4v) is 3.54. The van der Waals surface area contributed by atoms with Crippen LogP contribution >= 0.6 is 0 Å². The molecule has 0 aliphatic carbocycles. The Morgan fingerprint density at radius 3 is 2.34 bits per heavy atom. The highest BCUT2D eigenvalue weighted by molar-refractivity contribution is 6.00. The van der Waals surface area contributed by atoms with E-state index in [1.54, 1.807) is 11.5 Å². The molecule has 0 aliphatic rings. The van der Waals surface area contributed by atoms with E-state index in [0.717, 1.165) is 28.7 Å². The Morgan fingerprint density at radius 2 is 1.71 bits per heavy atom. The number of aromatic nitrogens is 1. The molecule has 2 aromatic carbocycles. The number of alkyl halides is 3. The van der Waals surface area contributed by atoms with Gasteiger partial charge in [0, 0.05) is 22.6 Å². The Morgan fingerprint density at radius 1 is 1.06 bits per heavy atom. The summed E-state index contributed by atoms with van der Waals surface area (Å²) in [4.78, 5) is 24.7. The van der Waals surface area contributed by atoms with Crippen LogP contribution in [0.2, 0.25) is 0 Å². The number of amides is 1. The van der Waals surface area contributed by atoms with Crippen LogP contribution in [0.5, 0.6) is 0 Å². The van der Waals surface area contributed by atoms with Gasteiger partial charge in [0.05, 0.1) is 17.0 Å². The van der Waals surface area contributed by atoms with Crippen molar-refractivity contribution in [2.24, 2.45) is 0 Å². The highest BCUT2D eigenvalue weighted by Gasteiger charge is 2.30. The van der Waals surface area contributed by atoms with Gasteiger partial charge in [-0.1, -0.05) is 18.2 Å². The number of halogens is 3. The second-order valence-electron chi connectivity index (χ2n) is 7.96. The number of nitrogens with zero attached hydrogens (tertiary/aromatic N) is 1. The van der Waals surface area contributed by atoms with Crippen molar-refractivity contribution in [1.29, 1.82) is 5.41 Å². The summed E-state index contributed by atoms with van der Waals surface area (Å²) in [5.41, 5.74) is 1.79. The van der Waals surface area contributed by atoms with Gasteiger partial charge in [0.15, 0.2) is 6.61 Å². The minimum absolute atomic E-state index is 0.0102. The van der Waals surface area contributed by atoms with Crippen LogP contribution in [0.4, 0.5) is 18.9 Å². The number of benzene rings is 2. The van der Waals surface area contributed by atoms with E-state index in [-0.39, 0.29) is 18.0 Å². The maximum Gasteiger partial charge on any atom is 0.416 e. The molecule has 0 atom stereocenters. The Balaban J connectivity index is 1.61. The van der Waals surface area contributed by atoms with Gasteiger partial charge in [-0.25, -0.2) is 0 Å². The summed E-state index contributed by atoms with van der Waals surface area (Å²) in [7, 11) is 0. The number of ether oxygens (including phenoxy) is 1. The minimum Gasteiger partial charge on any atom is -0.454 e. The molecule has 3 aromatic rings. The van der Waals surface area contributed by atoms with Crippen LogP contribution in [0.25, 0.3) is 10.9 Å². The van der Waals surface area contributed by atoms with Crippen molar-refractivity contribution in [3.8, 4) is 0 Å². The van der Waals surface area contributed by atoms with Gasteiger partial charge in [-0.3, -0.25) is 9.59 Å². The van der Waals surface area contributed by atoms with E-state index in [0.29, 0.717) is 11.4 Å². The maximum absolute atomic E-state index is 12.7. The Bertz CT molecular complexity index is 1290. The van der Waals surface area contributed by atoms with Gasteiger partial charge in [-0.2, -0.15) is 13.2 Å². The molecule has 10 heteroatoms. The van der Waals surface area contributed by atoms with Gasteiger partial charge >= 0.3 is 12.1 Å². The third-order valence-corrected chi connectivity index (χ3v) is 5.23. The standard InChI is InChI=1S/C25H25F3N4O3/c1-15-12-18-6-4-5-7-21(18)32(15)13-23(34)35-14-22(33)31-24(16(2)29)17(3)30-20-10-8-19(9-11-20)25(26,27)28/h4-12,29-30H,13-14H2,1-3H3,(H,31,33)/b24-17+,29-16?. The zero-order chi connectivity index (χ0) is 25.8. The summed E-state index contributed by atoms with van der Waals surface area (Å²) in [6.07, 6.45) is -4.45. The molecule has 3 N–H and O–H groups in total. The molecule has 0 unspecified atom stereocenters. The second kappa shape index (κ2) is 10.5. The molecule has 1 aromatic heterocycles. The Labute approximate surface area is 200 Å². The highest BCUT2D eigenvalue weighted by Crippen LogP contribution is 2.30. The van der Waals surface area contributed by atoms with E-state index in [9.17, 15) is 22.8 Å². The van der Waals surface area contributed by atoms with Crippen LogP contribution in [-0.2, 0) is 27.0 Å². The second-order valence-corrected chi connectivity index (χ2v) is 7.96. The SMILES string of the molecule is CC(=N)/C(NC(=O)COC(=O)Cn1c(C)cc2ccccc21)=C(/C)Nc1ccc(C(F)(F)F)cc1. The van der Waals surface area contributed by atoms with Crippen LogP contribution in [0.15, 0.2) is 66.0 Å². The first-order chi connectivity index (χ1) is 16.5. The number of nitrogens with one attached hydrogen (secondary N) is 3. The number of fused-ring (bicyclic) bond motifs is 1. The number of allylic oxidation sites excluding steroid dienone is 2. The van der Waals surface area contributed by atoms with Crippen molar-refractivity contribution < 1.29 is 27.5 Å². The largest absolute Gasteiger partial charge is 0.454 e. The van der Waals surface area contributed by atoms with Crippen LogP contribution in [0.3, 0.4) is 0 Å². The first-order valence-corrected chi connectivity index (χ1v) is 10.7. The van der Waals surface area contributed by atoms with Crippen molar-refractivity contribution in [2.45, 2.75) is 33.5 Å². The first-order valence-electron chi connectivity index (χ1n) is 10.7. The molecule has 184 valence electrons. The molecule has 0 bridgehead atoms. The Hall–Kier alpha value is -4.08. The van der Waals surface area contributed by atoms with E-state index in [1.807, 2.05) is 37.3 Å². The summed E-state index contributed by atoms with van der Waals surface area (Å²) >= 11 is 0. The van der Waals surface area contributed by atoms with Crippen LogP contribution in [0, 0.1) is 12.3 Å². The maximum atomic E-state index is 12.7. The summed E-state index contributed by atoms with van der Waals surface area (Å²) in [5, 5.41) is 14.3. The molecule has 0 saturated carbocycles. The van der Waals surface area contributed by atoms with Crippen molar-refractivity contribution in [3.05, 3.63) is 77.2 Å². The minimum atomic E-state index is -4.45. The van der Waals surface area contributed by atoms with Gasteiger partial charge in [-0.15, -0.1) is 0 Å². The number of para-hydroxylation sites is 1. The summed E-state index contributed by atoms with van der Waals surface area (Å²) in [6.45, 7) is 4.27. The average molecular weight is 486 g/mol. The number of esters is 1. The summed E-state index contributed by atoms with van der Waals surface area (Å²) < 4.78 is 45.1. The van der Waals surface area contributed by atoms with E-state index in [2.05, 4.69) is 10.6 Å². The smallest absolute Gasteiger partial charge is 0.416 e. The number of hydrogen-bond acceptors (Lipinski definition) is 5. The van der Waals surface area contributed by atoms with Crippen LogP contribution in [0.1, 0.15) is 25.1 Å². The Kier molecular flexibility index (Phi) is 7.63. The number of rotatable bonds is 8.